The Morgan fingerprint density at radius 3 is 1.96 bits per heavy atom. The number of hydrogen-bond donors (Lipinski definition) is 1. The highest BCUT2D eigenvalue weighted by molar-refractivity contribution is 6.32. The Kier molecular flexibility index (Phi) is 10.9. The maximum atomic E-state index is 13.8. The number of Topliss-reactive ketones (excluding diaryl/α,β-unsaturated/α-hetero) is 2. The lowest BCUT2D eigenvalue weighted by molar-refractivity contribution is -0.123. The minimum Gasteiger partial charge on any atom is -0.482 e. The first kappa shape index (κ1) is 34.7. The molecule has 5 rings (SSSR count). The van der Waals surface area contributed by atoms with E-state index >= 15 is 0 Å². The number of likely N-dealkylation sites (N-methyl/N-ethyl adjacent to an activating group) is 1. The molecule has 2 aromatic carbocycles. The van der Waals surface area contributed by atoms with Crippen molar-refractivity contribution < 1.29 is 23.9 Å². The highest BCUT2D eigenvalue weighted by Crippen LogP contribution is 2.54. The van der Waals surface area contributed by atoms with E-state index in [4.69, 9.17) is 32.7 Å². The fourth-order valence-electron chi connectivity index (χ4n) is 6.41. The van der Waals surface area contributed by atoms with Crippen molar-refractivity contribution in [3.63, 3.8) is 0 Å². The fourth-order valence-corrected chi connectivity index (χ4v) is 6.79. The molecule has 0 aromatic heterocycles. The zero-order valence-electron chi connectivity index (χ0n) is 27.3. The summed E-state index contributed by atoms with van der Waals surface area (Å²) in [5.41, 5.74) is 4.90. The van der Waals surface area contributed by atoms with Crippen molar-refractivity contribution in [3.05, 3.63) is 86.2 Å². The van der Waals surface area contributed by atoms with Gasteiger partial charge in [-0.05, 0) is 59.9 Å². The van der Waals surface area contributed by atoms with Crippen molar-refractivity contribution >= 4 is 40.7 Å². The van der Waals surface area contributed by atoms with Gasteiger partial charge >= 0.3 is 0 Å². The summed E-state index contributed by atoms with van der Waals surface area (Å²) in [5, 5.41) is 3.69. The Morgan fingerprint density at radius 1 is 0.911 bits per heavy atom. The number of amides is 1. The van der Waals surface area contributed by atoms with E-state index in [0.717, 1.165) is 40.4 Å². The van der Waals surface area contributed by atoms with Crippen LogP contribution in [0.3, 0.4) is 0 Å². The van der Waals surface area contributed by atoms with E-state index in [1.54, 1.807) is 19.2 Å². The molecule has 3 aliphatic rings. The molecule has 0 spiro atoms. The number of nitrogens with one attached hydrogen (secondary N) is 1. The van der Waals surface area contributed by atoms with Crippen molar-refractivity contribution in [1.82, 2.24) is 10.2 Å². The zero-order valence-corrected chi connectivity index (χ0v) is 28.8. The van der Waals surface area contributed by atoms with Crippen LogP contribution in [0.4, 0.5) is 0 Å². The molecule has 0 unspecified atom stereocenters. The van der Waals surface area contributed by atoms with Crippen LogP contribution in [0.25, 0.3) is 0 Å². The van der Waals surface area contributed by atoms with Crippen molar-refractivity contribution in [2.75, 3.05) is 33.9 Å². The largest absolute Gasteiger partial charge is 0.482 e. The van der Waals surface area contributed by atoms with E-state index in [1.807, 2.05) is 37.3 Å². The fraction of sp³-hybridized carbons (Fsp3) is 0.472. The van der Waals surface area contributed by atoms with Gasteiger partial charge in [0.2, 0.25) is 0 Å². The number of rotatable bonds is 7. The predicted molar refractivity (Wildman–Crippen MR) is 179 cm³/mol. The summed E-state index contributed by atoms with van der Waals surface area (Å²) in [4.78, 5) is 41.4. The highest BCUT2D eigenvalue weighted by Gasteiger charge is 2.48. The summed E-state index contributed by atoms with van der Waals surface area (Å²) in [7, 11) is 3.20. The number of hydrogen-bond acceptors (Lipinski definition) is 6. The lowest BCUT2D eigenvalue weighted by Gasteiger charge is -2.49. The van der Waals surface area contributed by atoms with E-state index in [2.05, 4.69) is 37.9 Å². The van der Waals surface area contributed by atoms with Gasteiger partial charge in [-0.15, -0.1) is 0 Å². The number of carbonyl (C=O) groups is 3. The molecule has 45 heavy (non-hydrogen) atoms. The lowest BCUT2D eigenvalue weighted by atomic mass is 9.63. The molecule has 0 bridgehead atoms. The Labute approximate surface area is 276 Å². The number of allylic oxidation sites excluding steroid dienone is 4. The molecule has 242 valence electrons. The van der Waals surface area contributed by atoms with Gasteiger partial charge in [-0.2, -0.15) is 0 Å². The molecule has 2 aliphatic carbocycles. The minimum atomic E-state index is -0.485. The molecular weight excluding hydrogens is 611 g/mol. The molecule has 0 atom stereocenters. The predicted octanol–water partition coefficient (Wildman–Crippen LogP) is 7.45. The van der Waals surface area contributed by atoms with E-state index in [1.165, 1.54) is 7.05 Å². The maximum absolute atomic E-state index is 13.8. The van der Waals surface area contributed by atoms with E-state index in [-0.39, 0.29) is 34.9 Å². The average Bonchev–Trinajstić information content (AvgIpc) is 2.95. The third kappa shape index (κ3) is 8.00. The van der Waals surface area contributed by atoms with Crippen LogP contribution < -0.4 is 10.1 Å². The van der Waals surface area contributed by atoms with Gasteiger partial charge in [-0.3, -0.25) is 14.4 Å². The number of ketones is 2. The number of nitrogens with zero attached hydrogens (tertiary/aromatic N) is 1. The summed E-state index contributed by atoms with van der Waals surface area (Å²) in [5.74, 6) is -0.236. The van der Waals surface area contributed by atoms with Crippen molar-refractivity contribution in [2.24, 2.45) is 10.8 Å². The lowest BCUT2D eigenvalue weighted by Crippen LogP contribution is -2.45. The monoisotopic (exact) mass is 654 g/mol. The third-order valence-corrected chi connectivity index (χ3v) is 9.26. The third-order valence-electron chi connectivity index (χ3n) is 8.54. The SMILES string of the molecule is CNC(=O)COc1ccc(C2C3=C(CC(C)(C)CC3=O)N(CCOC)C3=C2C(=O)CC(C)(C)C3)cc1Cl.Cc1ccccc1Cl. The van der Waals surface area contributed by atoms with Crippen molar-refractivity contribution in [3.8, 4) is 5.75 Å². The Morgan fingerprint density at radius 2 is 1.49 bits per heavy atom. The molecule has 1 N–H and O–H groups in total. The molecular formula is C36H44Cl2N2O5. The topological polar surface area (TPSA) is 84.9 Å². The maximum Gasteiger partial charge on any atom is 0.257 e. The Balaban J connectivity index is 0.000000501. The molecule has 0 saturated carbocycles. The Hall–Kier alpha value is -3.13. The molecule has 9 heteroatoms. The zero-order chi connectivity index (χ0) is 33.1. The van der Waals surface area contributed by atoms with Crippen LogP contribution >= 0.6 is 23.2 Å². The van der Waals surface area contributed by atoms with Crippen LogP contribution in [0.5, 0.6) is 5.75 Å². The van der Waals surface area contributed by atoms with Crippen LogP contribution in [0, 0.1) is 17.8 Å². The standard InChI is InChI=1S/C29H37ClN2O5.C7H7Cl/c1-28(2)12-19-26(21(33)14-28)25(17-7-8-23(18(30)11-17)37-16-24(35)31-5)27-20(32(19)9-10-36-6)13-29(3,4)15-22(27)34;1-6-4-2-3-5-7(6)8/h7-8,11,25H,9-10,12-16H2,1-6H3,(H,31,35);2-5H,1H3. The van der Waals surface area contributed by atoms with Gasteiger partial charge in [0.15, 0.2) is 18.2 Å². The number of ether oxygens (including phenoxy) is 2. The van der Waals surface area contributed by atoms with Crippen LogP contribution in [-0.4, -0.2) is 56.3 Å². The highest BCUT2D eigenvalue weighted by atomic mass is 35.5. The van der Waals surface area contributed by atoms with E-state index in [9.17, 15) is 14.4 Å². The molecule has 2 aromatic rings. The number of benzene rings is 2. The Bertz CT molecular complexity index is 1470. The summed E-state index contributed by atoms with van der Waals surface area (Å²) in [6.07, 6.45) is 2.31. The molecule has 1 amide bonds. The number of aryl methyl sites for hydroxylation is 1. The van der Waals surface area contributed by atoms with Gasteiger partial charge in [0.05, 0.1) is 11.6 Å². The van der Waals surface area contributed by atoms with Gasteiger partial charge < -0.3 is 19.7 Å². The van der Waals surface area contributed by atoms with Crippen LogP contribution in [0.2, 0.25) is 10.0 Å². The summed E-state index contributed by atoms with van der Waals surface area (Å²) in [6.45, 7) is 11.4. The first-order chi connectivity index (χ1) is 21.2. The van der Waals surface area contributed by atoms with E-state index in [0.29, 0.717) is 47.9 Å². The van der Waals surface area contributed by atoms with Gasteiger partial charge in [0.25, 0.3) is 5.91 Å². The molecule has 0 fully saturated rings. The molecule has 0 saturated heterocycles. The summed E-state index contributed by atoms with van der Waals surface area (Å²) >= 11 is 12.3. The second kappa shape index (κ2) is 14.1. The van der Waals surface area contributed by atoms with Gasteiger partial charge in [-0.25, -0.2) is 0 Å². The summed E-state index contributed by atoms with van der Waals surface area (Å²) in [6, 6.07) is 13.1. The average molecular weight is 656 g/mol. The summed E-state index contributed by atoms with van der Waals surface area (Å²) < 4.78 is 11.0. The molecule has 1 heterocycles. The molecule has 7 nitrogen and oxygen atoms in total. The normalized spacial score (nSPS) is 19.0. The number of carbonyl (C=O) groups excluding carboxylic acids is 3. The van der Waals surface area contributed by atoms with Crippen molar-refractivity contribution in [2.45, 2.75) is 66.2 Å². The smallest absolute Gasteiger partial charge is 0.257 e. The first-order valence-electron chi connectivity index (χ1n) is 15.3. The first-order valence-corrected chi connectivity index (χ1v) is 16.1. The molecule has 0 radical (unpaired) electrons. The van der Waals surface area contributed by atoms with Gasteiger partial charge in [0, 0.05) is 67.0 Å². The molecule has 1 aliphatic heterocycles. The second-order valence-corrected chi connectivity index (χ2v) is 14.4. The van der Waals surface area contributed by atoms with E-state index < -0.39 is 5.92 Å². The van der Waals surface area contributed by atoms with Crippen LogP contribution in [0.15, 0.2) is 65.0 Å². The number of halogens is 2. The minimum absolute atomic E-state index is 0.0684. The van der Waals surface area contributed by atoms with Crippen molar-refractivity contribution in [1.29, 1.82) is 0 Å². The van der Waals surface area contributed by atoms with Gasteiger partial charge in [-0.1, -0.05) is 75.2 Å². The van der Waals surface area contributed by atoms with Crippen LogP contribution in [0.1, 0.15) is 70.4 Å². The van der Waals surface area contributed by atoms with Crippen LogP contribution in [-0.2, 0) is 19.1 Å². The quantitative estimate of drug-likeness (QED) is 0.334. The van der Waals surface area contributed by atoms with Gasteiger partial charge in [0.1, 0.15) is 5.75 Å². The second-order valence-electron chi connectivity index (χ2n) is 13.6. The number of methoxy groups -OCH3 is 1.